The summed E-state index contributed by atoms with van der Waals surface area (Å²) in [5.74, 6) is -0.449. The predicted octanol–water partition coefficient (Wildman–Crippen LogP) is 2.73. The van der Waals surface area contributed by atoms with E-state index in [-0.39, 0.29) is 0 Å². The first-order valence-electron chi connectivity index (χ1n) is 4.51. The van der Waals surface area contributed by atoms with Crippen molar-refractivity contribution in [1.82, 2.24) is 5.16 Å². The fourth-order valence-electron chi connectivity index (χ4n) is 1.31. The zero-order valence-electron chi connectivity index (χ0n) is 8.44. The number of hydrogen-bond donors (Lipinski definition) is 0. The maximum absolute atomic E-state index is 11.4. The van der Waals surface area contributed by atoms with Gasteiger partial charge in [0.15, 0.2) is 0 Å². The van der Waals surface area contributed by atoms with E-state index in [1.807, 2.05) is 24.3 Å². The lowest BCUT2D eigenvalue weighted by Crippen LogP contribution is -2.01. The van der Waals surface area contributed by atoms with E-state index in [0.29, 0.717) is 11.3 Å². The van der Waals surface area contributed by atoms with Crippen LogP contribution in [-0.4, -0.2) is 18.2 Å². The summed E-state index contributed by atoms with van der Waals surface area (Å²) in [5, 5.41) is 3.81. The van der Waals surface area contributed by atoms with Crippen LogP contribution in [0.5, 0.6) is 0 Å². The van der Waals surface area contributed by atoms with Gasteiger partial charge in [-0.3, -0.25) is 0 Å². The highest BCUT2D eigenvalue weighted by atomic mass is 127. The summed E-state index contributed by atoms with van der Waals surface area (Å²) in [7, 11) is 1.33. The Balaban J connectivity index is 2.44. The van der Waals surface area contributed by atoms with Crippen molar-refractivity contribution in [3.8, 4) is 11.3 Å². The number of nitrogens with zero attached hydrogens (tertiary/aromatic N) is 1. The summed E-state index contributed by atoms with van der Waals surface area (Å²) in [6, 6.07) is 7.63. The average Bonchev–Trinajstić information content (AvgIpc) is 2.78. The van der Waals surface area contributed by atoms with Gasteiger partial charge in [0.1, 0.15) is 17.5 Å². The molecular formula is C11H8INO3. The highest BCUT2D eigenvalue weighted by Gasteiger charge is 2.17. The molecule has 16 heavy (non-hydrogen) atoms. The van der Waals surface area contributed by atoms with Crippen LogP contribution in [0, 0.1) is 3.57 Å². The van der Waals surface area contributed by atoms with Gasteiger partial charge >= 0.3 is 5.97 Å². The quantitative estimate of drug-likeness (QED) is 0.628. The van der Waals surface area contributed by atoms with E-state index < -0.39 is 5.97 Å². The Kier molecular flexibility index (Phi) is 3.23. The Labute approximate surface area is 106 Å². The van der Waals surface area contributed by atoms with Crippen LogP contribution < -0.4 is 0 Å². The maximum Gasteiger partial charge on any atom is 0.343 e. The van der Waals surface area contributed by atoms with E-state index in [0.717, 1.165) is 9.13 Å². The third-order valence-corrected chi connectivity index (χ3v) is 2.81. The summed E-state index contributed by atoms with van der Waals surface area (Å²) in [4.78, 5) is 11.4. The Morgan fingerprint density at radius 3 is 2.69 bits per heavy atom. The van der Waals surface area contributed by atoms with Gasteiger partial charge in [-0.2, -0.15) is 0 Å². The molecular weight excluding hydrogens is 321 g/mol. The number of ether oxygens (including phenoxy) is 1. The lowest BCUT2D eigenvalue weighted by molar-refractivity contribution is 0.0600. The molecule has 4 nitrogen and oxygen atoms in total. The van der Waals surface area contributed by atoms with Crippen LogP contribution in [-0.2, 0) is 4.74 Å². The van der Waals surface area contributed by atoms with Gasteiger partial charge in [0.05, 0.1) is 7.11 Å². The monoisotopic (exact) mass is 329 g/mol. The molecule has 0 spiro atoms. The molecule has 1 heterocycles. The Bertz CT molecular complexity index is 504. The van der Waals surface area contributed by atoms with Gasteiger partial charge in [-0.15, -0.1) is 0 Å². The number of hydrogen-bond acceptors (Lipinski definition) is 4. The first-order chi connectivity index (χ1) is 7.72. The lowest BCUT2D eigenvalue weighted by atomic mass is 10.1. The molecule has 0 fully saturated rings. The number of carbonyl (C=O) groups excluding carboxylic acids is 1. The zero-order chi connectivity index (χ0) is 11.5. The van der Waals surface area contributed by atoms with Crippen molar-refractivity contribution < 1.29 is 14.1 Å². The molecule has 0 aliphatic carbocycles. The molecule has 82 valence electrons. The minimum Gasteiger partial charge on any atom is -0.465 e. The summed E-state index contributed by atoms with van der Waals surface area (Å²) in [5.41, 5.74) is 1.67. The first kappa shape index (κ1) is 11.1. The Morgan fingerprint density at radius 2 is 2.06 bits per heavy atom. The molecule has 0 unspecified atom stereocenters. The smallest absolute Gasteiger partial charge is 0.343 e. The largest absolute Gasteiger partial charge is 0.465 e. The topological polar surface area (TPSA) is 52.3 Å². The van der Waals surface area contributed by atoms with Crippen molar-refractivity contribution in [2.75, 3.05) is 7.11 Å². The molecule has 0 N–H and O–H groups in total. The van der Waals surface area contributed by atoms with Gasteiger partial charge in [-0.1, -0.05) is 17.3 Å². The highest BCUT2D eigenvalue weighted by molar-refractivity contribution is 14.1. The second-order valence-corrected chi connectivity index (χ2v) is 4.32. The summed E-state index contributed by atoms with van der Waals surface area (Å²) < 4.78 is 10.6. The molecule has 2 rings (SSSR count). The van der Waals surface area contributed by atoms with Crippen molar-refractivity contribution in [3.63, 3.8) is 0 Å². The summed E-state index contributed by atoms with van der Waals surface area (Å²) in [6.07, 6.45) is 1.29. The molecule has 0 aliphatic heterocycles. The second-order valence-electron chi connectivity index (χ2n) is 3.08. The van der Waals surface area contributed by atoms with E-state index >= 15 is 0 Å². The predicted molar refractivity (Wildman–Crippen MR) is 66.0 cm³/mol. The minimum absolute atomic E-state index is 0.337. The number of esters is 1. The van der Waals surface area contributed by atoms with Crippen molar-refractivity contribution in [1.29, 1.82) is 0 Å². The Hall–Kier alpha value is -1.37. The van der Waals surface area contributed by atoms with E-state index in [1.165, 1.54) is 13.4 Å². The van der Waals surface area contributed by atoms with Crippen LogP contribution in [0.3, 0.4) is 0 Å². The number of halogens is 1. The Morgan fingerprint density at radius 1 is 1.38 bits per heavy atom. The normalized spacial score (nSPS) is 10.1. The van der Waals surface area contributed by atoms with Gasteiger partial charge in [0.2, 0.25) is 0 Å². The number of rotatable bonds is 2. The molecule has 0 saturated carbocycles. The molecule has 0 saturated heterocycles. The molecule has 0 amide bonds. The number of benzene rings is 1. The molecule has 0 atom stereocenters. The average molecular weight is 329 g/mol. The third kappa shape index (κ3) is 2.08. The highest BCUT2D eigenvalue weighted by Crippen LogP contribution is 2.23. The summed E-state index contributed by atoms with van der Waals surface area (Å²) >= 11 is 2.21. The van der Waals surface area contributed by atoms with E-state index in [4.69, 9.17) is 4.52 Å². The van der Waals surface area contributed by atoms with Gasteiger partial charge in [0.25, 0.3) is 0 Å². The fraction of sp³-hybridized carbons (Fsp3) is 0.0909. The minimum atomic E-state index is -0.449. The van der Waals surface area contributed by atoms with E-state index in [2.05, 4.69) is 32.5 Å². The van der Waals surface area contributed by atoms with Crippen LogP contribution in [0.15, 0.2) is 35.1 Å². The second kappa shape index (κ2) is 4.65. The van der Waals surface area contributed by atoms with Gasteiger partial charge < -0.3 is 9.26 Å². The molecule has 0 radical (unpaired) electrons. The van der Waals surface area contributed by atoms with Crippen LogP contribution in [0.4, 0.5) is 0 Å². The van der Waals surface area contributed by atoms with E-state index in [1.54, 1.807) is 0 Å². The third-order valence-electron chi connectivity index (χ3n) is 2.09. The van der Waals surface area contributed by atoms with Gasteiger partial charge in [0, 0.05) is 9.13 Å². The first-order valence-corrected chi connectivity index (χ1v) is 5.59. The fourth-order valence-corrected chi connectivity index (χ4v) is 1.67. The molecule has 0 aliphatic rings. The SMILES string of the molecule is COC(=O)c1conc1-c1ccc(I)cc1. The van der Waals surface area contributed by atoms with Crippen molar-refractivity contribution in [2.45, 2.75) is 0 Å². The van der Waals surface area contributed by atoms with Crippen molar-refractivity contribution >= 4 is 28.6 Å². The zero-order valence-corrected chi connectivity index (χ0v) is 10.6. The van der Waals surface area contributed by atoms with Crippen LogP contribution in [0.25, 0.3) is 11.3 Å². The van der Waals surface area contributed by atoms with E-state index in [9.17, 15) is 4.79 Å². The van der Waals surface area contributed by atoms with Gasteiger partial charge in [-0.25, -0.2) is 4.79 Å². The molecule has 2 aromatic rings. The summed E-state index contributed by atoms with van der Waals surface area (Å²) in [6.45, 7) is 0. The lowest BCUT2D eigenvalue weighted by Gasteiger charge is -1.99. The molecule has 0 bridgehead atoms. The van der Waals surface area contributed by atoms with Crippen molar-refractivity contribution in [3.05, 3.63) is 39.7 Å². The number of aromatic nitrogens is 1. The van der Waals surface area contributed by atoms with Crippen LogP contribution in [0.2, 0.25) is 0 Å². The molecule has 1 aromatic carbocycles. The van der Waals surface area contributed by atoms with Gasteiger partial charge in [-0.05, 0) is 34.7 Å². The molecule has 1 aromatic heterocycles. The number of methoxy groups -OCH3 is 1. The number of carbonyl (C=O) groups is 1. The maximum atomic E-state index is 11.4. The van der Waals surface area contributed by atoms with Crippen LogP contribution >= 0.6 is 22.6 Å². The molecule has 5 heteroatoms. The van der Waals surface area contributed by atoms with Crippen molar-refractivity contribution in [2.24, 2.45) is 0 Å². The van der Waals surface area contributed by atoms with Crippen LogP contribution in [0.1, 0.15) is 10.4 Å². The standard InChI is InChI=1S/C11H8INO3/c1-15-11(14)9-6-16-13-10(9)7-2-4-8(12)5-3-7/h2-6H,1H3.